The Balaban J connectivity index is 1.86. The largest absolute Gasteiger partial charge is 0.506 e. The summed E-state index contributed by atoms with van der Waals surface area (Å²) in [5.74, 6) is 3.70. The molecule has 2 aromatic heterocycles. The molecule has 2 unspecified atom stereocenters. The molecule has 0 radical (unpaired) electrons. The third-order valence-electron chi connectivity index (χ3n) is 2.99. The lowest BCUT2D eigenvalue weighted by Gasteiger charge is -2.27. The Kier molecular flexibility index (Phi) is 4.04. The number of nitrogens with zero attached hydrogens (tertiary/aromatic N) is 2. The topological polar surface area (TPSA) is 59.2 Å². The molecule has 7 heteroatoms. The van der Waals surface area contributed by atoms with Crippen molar-refractivity contribution < 1.29 is 9.63 Å². The zero-order valence-electron chi connectivity index (χ0n) is 10.4. The quantitative estimate of drug-likeness (QED) is 0.930. The van der Waals surface area contributed by atoms with Crippen molar-refractivity contribution in [3.63, 3.8) is 0 Å². The van der Waals surface area contributed by atoms with Gasteiger partial charge < -0.3 is 9.63 Å². The van der Waals surface area contributed by atoms with Crippen molar-refractivity contribution in [1.82, 2.24) is 10.1 Å². The molecule has 3 heterocycles. The van der Waals surface area contributed by atoms with Crippen molar-refractivity contribution in [2.45, 2.75) is 23.8 Å². The first-order valence-corrected chi connectivity index (χ1v) is 9.11. The number of rotatable bonds is 3. The van der Waals surface area contributed by atoms with Crippen LogP contribution in [0, 0.1) is 0 Å². The molecule has 0 spiro atoms. The minimum atomic E-state index is 0.206. The van der Waals surface area contributed by atoms with Crippen molar-refractivity contribution in [3.8, 4) is 16.5 Å². The SMILES string of the molecule is CCC1SCCSC1c1noc(-c2sccc2O)n1. The Hall–Kier alpha value is -0.660. The molecule has 1 fully saturated rings. The zero-order chi connectivity index (χ0) is 13.2. The Morgan fingerprint density at radius 3 is 3.00 bits per heavy atom. The van der Waals surface area contributed by atoms with E-state index >= 15 is 0 Å². The van der Waals surface area contributed by atoms with Gasteiger partial charge in [-0.1, -0.05) is 12.1 Å². The van der Waals surface area contributed by atoms with Crippen LogP contribution in [0.4, 0.5) is 0 Å². The summed E-state index contributed by atoms with van der Waals surface area (Å²) in [5.41, 5.74) is 0. The van der Waals surface area contributed by atoms with Gasteiger partial charge in [0.2, 0.25) is 0 Å². The van der Waals surface area contributed by atoms with Crippen molar-refractivity contribution in [2.75, 3.05) is 11.5 Å². The maximum absolute atomic E-state index is 9.70. The highest BCUT2D eigenvalue weighted by molar-refractivity contribution is 8.06. The van der Waals surface area contributed by atoms with Crippen LogP contribution in [0.15, 0.2) is 16.0 Å². The van der Waals surface area contributed by atoms with Gasteiger partial charge in [0.25, 0.3) is 5.89 Å². The Morgan fingerprint density at radius 2 is 2.26 bits per heavy atom. The first-order chi connectivity index (χ1) is 9.29. The average Bonchev–Trinajstić information content (AvgIpc) is 3.07. The Labute approximate surface area is 124 Å². The Bertz CT molecular complexity index is 555. The summed E-state index contributed by atoms with van der Waals surface area (Å²) in [5, 5.41) is 16.5. The van der Waals surface area contributed by atoms with Gasteiger partial charge in [0.15, 0.2) is 5.82 Å². The lowest BCUT2D eigenvalue weighted by molar-refractivity contribution is 0.418. The van der Waals surface area contributed by atoms with Gasteiger partial charge in [-0.3, -0.25) is 0 Å². The van der Waals surface area contributed by atoms with Crippen LogP contribution in [0.2, 0.25) is 0 Å². The fourth-order valence-electron chi connectivity index (χ4n) is 2.05. The van der Waals surface area contributed by atoms with Gasteiger partial charge in [0.1, 0.15) is 10.6 Å². The summed E-state index contributed by atoms with van der Waals surface area (Å²) in [6.45, 7) is 2.20. The van der Waals surface area contributed by atoms with Crippen LogP contribution in [0.5, 0.6) is 5.75 Å². The van der Waals surface area contributed by atoms with Crippen LogP contribution in [0.1, 0.15) is 24.4 Å². The number of hydrogen-bond donors (Lipinski definition) is 1. The van der Waals surface area contributed by atoms with Crippen molar-refractivity contribution >= 4 is 34.9 Å². The van der Waals surface area contributed by atoms with Crippen LogP contribution >= 0.6 is 34.9 Å². The molecule has 3 rings (SSSR count). The fraction of sp³-hybridized carbons (Fsp3) is 0.500. The molecule has 0 amide bonds. The van der Waals surface area contributed by atoms with E-state index in [1.165, 1.54) is 17.1 Å². The minimum absolute atomic E-state index is 0.206. The molecule has 0 bridgehead atoms. The van der Waals surface area contributed by atoms with Crippen LogP contribution in [-0.2, 0) is 0 Å². The van der Waals surface area contributed by atoms with E-state index in [2.05, 4.69) is 17.1 Å². The number of hydrogen-bond acceptors (Lipinski definition) is 7. The highest BCUT2D eigenvalue weighted by Crippen LogP contribution is 2.44. The normalized spacial score (nSPS) is 23.6. The third kappa shape index (κ3) is 2.64. The zero-order valence-corrected chi connectivity index (χ0v) is 12.9. The summed E-state index contributed by atoms with van der Waals surface area (Å²) in [7, 11) is 0. The summed E-state index contributed by atoms with van der Waals surface area (Å²) in [6.07, 6.45) is 1.11. The fourth-order valence-corrected chi connectivity index (χ4v) is 5.73. The van der Waals surface area contributed by atoms with Gasteiger partial charge in [0.05, 0.1) is 5.25 Å². The molecule has 1 N–H and O–H groups in total. The van der Waals surface area contributed by atoms with E-state index in [1.54, 1.807) is 6.07 Å². The van der Waals surface area contributed by atoms with E-state index in [-0.39, 0.29) is 5.75 Å². The first-order valence-electron chi connectivity index (χ1n) is 6.13. The molecule has 0 saturated carbocycles. The van der Waals surface area contributed by atoms with E-state index in [1.807, 2.05) is 28.9 Å². The lowest BCUT2D eigenvalue weighted by atomic mass is 10.2. The third-order valence-corrected chi connectivity index (χ3v) is 7.12. The molecule has 1 aliphatic rings. The van der Waals surface area contributed by atoms with Crippen molar-refractivity contribution in [2.24, 2.45) is 0 Å². The minimum Gasteiger partial charge on any atom is -0.506 e. The first kappa shape index (κ1) is 13.3. The predicted molar refractivity (Wildman–Crippen MR) is 81.0 cm³/mol. The second kappa shape index (κ2) is 5.76. The molecule has 2 aromatic rings. The predicted octanol–water partition coefficient (Wildman–Crippen LogP) is 3.80. The van der Waals surface area contributed by atoms with Gasteiger partial charge in [0, 0.05) is 16.8 Å². The van der Waals surface area contributed by atoms with Crippen LogP contribution in [-0.4, -0.2) is 32.0 Å². The maximum Gasteiger partial charge on any atom is 0.271 e. The molecule has 1 aliphatic heterocycles. The van der Waals surface area contributed by atoms with Gasteiger partial charge in [-0.2, -0.15) is 16.7 Å². The number of thiophene rings is 1. The van der Waals surface area contributed by atoms with Gasteiger partial charge in [-0.05, 0) is 17.9 Å². The van der Waals surface area contributed by atoms with Crippen LogP contribution in [0.3, 0.4) is 0 Å². The molecule has 19 heavy (non-hydrogen) atoms. The van der Waals surface area contributed by atoms with Gasteiger partial charge in [-0.15, -0.1) is 23.1 Å². The van der Waals surface area contributed by atoms with E-state index in [4.69, 9.17) is 4.52 Å². The number of thioether (sulfide) groups is 2. The average molecular weight is 314 g/mol. The Morgan fingerprint density at radius 1 is 1.42 bits per heavy atom. The van der Waals surface area contributed by atoms with E-state index in [0.717, 1.165) is 18.0 Å². The molecule has 102 valence electrons. The second-order valence-corrected chi connectivity index (χ2v) is 7.71. The van der Waals surface area contributed by atoms with Crippen LogP contribution < -0.4 is 0 Å². The van der Waals surface area contributed by atoms with E-state index < -0.39 is 0 Å². The standard InChI is InChI=1S/C12H14N2O2S3/c1-2-8-10(19-6-5-17-8)11-13-12(16-14-11)9-7(15)3-4-18-9/h3-4,8,10,15H,2,5-6H2,1H3. The maximum atomic E-state index is 9.70. The highest BCUT2D eigenvalue weighted by Gasteiger charge is 2.30. The summed E-state index contributed by atoms with van der Waals surface area (Å²) >= 11 is 5.30. The van der Waals surface area contributed by atoms with Gasteiger partial charge >= 0.3 is 0 Å². The summed E-state index contributed by atoms with van der Waals surface area (Å²) < 4.78 is 5.30. The smallest absolute Gasteiger partial charge is 0.271 e. The molecular formula is C12H14N2O2S3. The summed E-state index contributed by atoms with van der Waals surface area (Å²) in [6, 6.07) is 1.64. The van der Waals surface area contributed by atoms with Crippen LogP contribution in [0.25, 0.3) is 10.8 Å². The van der Waals surface area contributed by atoms with Gasteiger partial charge in [-0.25, -0.2) is 0 Å². The molecule has 1 saturated heterocycles. The number of aromatic hydroxyl groups is 1. The second-order valence-electron chi connectivity index (χ2n) is 4.20. The van der Waals surface area contributed by atoms with Crippen molar-refractivity contribution in [1.29, 1.82) is 0 Å². The molecule has 2 atom stereocenters. The molecule has 0 aromatic carbocycles. The van der Waals surface area contributed by atoms with E-state index in [9.17, 15) is 5.11 Å². The summed E-state index contributed by atoms with van der Waals surface area (Å²) in [4.78, 5) is 5.13. The highest BCUT2D eigenvalue weighted by atomic mass is 32.2. The molecule has 4 nitrogen and oxygen atoms in total. The van der Waals surface area contributed by atoms with E-state index in [0.29, 0.717) is 21.3 Å². The van der Waals surface area contributed by atoms with Crippen molar-refractivity contribution in [3.05, 3.63) is 17.3 Å². The molecule has 0 aliphatic carbocycles. The lowest BCUT2D eigenvalue weighted by Crippen LogP contribution is -2.19. The monoisotopic (exact) mass is 314 g/mol. The molecular weight excluding hydrogens is 300 g/mol. The number of aromatic nitrogens is 2.